The summed E-state index contributed by atoms with van der Waals surface area (Å²) in [6.45, 7) is 2.06. The van der Waals surface area contributed by atoms with Gasteiger partial charge in [-0.25, -0.2) is 0 Å². The summed E-state index contributed by atoms with van der Waals surface area (Å²) in [4.78, 5) is 4.39. The maximum Gasteiger partial charge on any atom is 0.258 e. The first-order valence-corrected chi connectivity index (χ1v) is 6.39. The third kappa shape index (κ3) is 4.34. The summed E-state index contributed by atoms with van der Waals surface area (Å²) in [7, 11) is 5.11. The van der Waals surface area contributed by atoms with E-state index in [4.69, 9.17) is 14.0 Å². The quantitative estimate of drug-likeness (QED) is 0.882. The Bertz CT molecular complexity index is 552. The molecule has 1 aromatic carbocycles. The van der Waals surface area contributed by atoms with Crippen LogP contribution in [0, 0.1) is 0 Å². The Morgan fingerprint density at radius 3 is 2.33 bits per heavy atom. The smallest absolute Gasteiger partial charge is 0.258 e. The van der Waals surface area contributed by atoms with Gasteiger partial charge < -0.3 is 19.3 Å². The van der Waals surface area contributed by atoms with Gasteiger partial charge in [-0.15, -0.1) is 12.4 Å². The second kappa shape index (κ2) is 7.85. The van der Waals surface area contributed by atoms with E-state index in [2.05, 4.69) is 22.4 Å². The lowest BCUT2D eigenvalue weighted by Gasteiger charge is -2.06. The highest BCUT2D eigenvalue weighted by molar-refractivity contribution is 5.85. The molecule has 1 atom stereocenters. The Balaban J connectivity index is 0.00000220. The molecule has 0 aliphatic carbocycles. The minimum atomic E-state index is 0. The summed E-state index contributed by atoms with van der Waals surface area (Å²) in [6.07, 6.45) is 0.709. The first kappa shape index (κ1) is 17.3. The number of aromatic nitrogens is 2. The summed E-state index contributed by atoms with van der Waals surface area (Å²) in [5, 5.41) is 7.12. The fourth-order valence-corrected chi connectivity index (χ4v) is 1.76. The van der Waals surface area contributed by atoms with Crippen LogP contribution in [-0.4, -0.2) is 37.4 Å². The van der Waals surface area contributed by atoms with Crippen LogP contribution in [0.5, 0.6) is 11.5 Å². The molecule has 21 heavy (non-hydrogen) atoms. The molecule has 0 saturated heterocycles. The minimum absolute atomic E-state index is 0. The van der Waals surface area contributed by atoms with E-state index in [-0.39, 0.29) is 12.4 Å². The molecular weight excluding hydrogens is 294 g/mol. The summed E-state index contributed by atoms with van der Waals surface area (Å²) in [5.74, 6) is 2.49. The van der Waals surface area contributed by atoms with Gasteiger partial charge in [0.2, 0.25) is 0 Å². The van der Waals surface area contributed by atoms with Gasteiger partial charge >= 0.3 is 0 Å². The molecule has 116 valence electrons. The molecule has 7 heteroatoms. The second-order valence-electron chi connectivity index (χ2n) is 4.51. The Morgan fingerprint density at radius 1 is 1.19 bits per heavy atom. The number of ether oxygens (including phenoxy) is 2. The topological polar surface area (TPSA) is 69.4 Å². The zero-order chi connectivity index (χ0) is 14.5. The van der Waals surface area contributed by atoms with E-state index in [1.807, 2.05) is 19.2 Å². The second-order valence-corrected chi connectivity index (χ2v) is 4.51. The number of nitrogens with one attached hydrogen (secondary N) is 1. The van der Waals surface area contributed by atoms with Crippen LogP contribution in [0.4, 0.5) is 0 Å². The van der Waals surface area contributed by atoms with Crippen molar-refractivity contribution < 1.29 is 14.0 Å². The van der Waals surface area contributed by atoms with E-state index in [9.17, 15) is 0 Å². The molecule has 0 amide bonds. The van der Waals surface area contributed by atoms with Crippen LogP contribution in [0.15, 0.2) is 22.7 Å². The lowest BCUT2D eigenvalue weighted by atomic mass is 10.2. The van der Waals surface area contributed by atoms with Gasteiger partial charge in [0.1, 0.15) is 11.5 Å². The van der Waals surface area contributed by atoms with Gasteiger partial charge in [-0.3, -0.25) is 0 Å². The van der Waals surface area contributed by atoms with E-state index >= 15 is 0 Å². The Morgan fingerprint density at radius 2 is 1.81 bits per heavy atom. The van der Waals surface area contributed by atoms with Crippen molar-refractivity contribution in [1.29, 1.82) is 0 Å². The van der Waals surface area contributed by atoms with E-state index in [1.165, 1.54) is 0 Å². The van der Waals surface area contributed by atoms with Gasteiger partial charge in [0.25, 0.3) is 5.89 Å². The van der Waals surface area contributed by atoms with Crippen LogP contribution >= 0.6 is 12.4 Å². The largest absolute Gasteiger partial charge is 0.497 e. The van der Waals surface area contributed by atoms with E-state index < -0.39 is 0 Å². The maximum absolute atomic E-state index is 5.30. The van der Waals surface area contributed by atoms with Gasteiger partial charge in [-0.1, -0.05) is 5.16 Å². The molecule has 0 fully saturated rings. The zero-order valence-electron chi connectivity index (χ0n) is 12.5. The summed E-state index contributed by atoms with van der Waals surface area (Å²) >= 11 is 0. The van der Waals surface area contributed by atoms with Crippen LogP contribution in [0.1, 0.15) is 12.7 Å². The molecule has 1 aromatic heterocycles. The van der Waals surface area contributed by atoms with Crippen LogP contribution in [0.25, 0.3) is 11.5 Å². The van der Waals surface area contributed by atoms with E-state index in [0.717, 1.165) is 5.56 Å². The van der Waals surface area contributed by atoms with Crippen molar-refractivity contribution in [2.75, 3.05) is 21.3 Å². The van der Waals surface area contributed by atoms with Gasteiger partial charge in [0.15, 0.2) is 5.82 Å². The molecule has 0 spiro atoms. The van der Waals surface area contributed by atoms with Crippen LogP contribution in [0.3, 0.4) is 0 Å². The predicted molar refractivity (Wildman–Crippen MR) is 82.3 cm³/mol. The number of halogens is 1. The zero-order valence-corrected chi connectivity index (χ0v) is 13.4. The monoisotopic (exact) mass is 313 g/mol. The highest BCUT2D eigenvalue weighted by Crippen LogP contribution is 2.28. The molecule has 0 radical (unpaired) electrons. The molecule has 6 nitrogen and oxygen atoms in total. The van der Waals surface area contributed by atoms with Crippen molar-refractivity contribution in [2.45, 2.75) is 19.4 Å². The number of rotatable bonds is 6. The average molecular weight is 314 g/mol. The summed E-state index contributed by atoms with van der Waals surface area (Å²) < 4.78 is 15.8. The molecule has 2 rings (SSSR count). The lowest BCUT2D eigenvalue weighted by molar-refractivity contribution is 0.392. The minimum Gasteiger partial charge on any atom is -0.497 e. The van der Waals surface area contributed by atoms with Crippen molar-refractivity contribution in [3.05, 3.63) is 24.0 Å². The highest BCUT2D eigenvalue weighted by Gasteiger charge is 2.13. The van der Waals surface area contributed by atoms with E-state index in [0.29, 0.717) is 35.7 Å². The molecule has 0 bridgehead atoms. The molecule has 1 heterocycles. The fraction of sp³-hybridized carbons (Fsp3) is 0.429. The van der Waals surface area contributed by atoms with Gasteiger partial charge in [-0.2, -0.15) is 4.98 Å². The molecule has 0 aliphatic rings. The fourth-order valence-electron chi connectivity index (χ4n) is 1.76. The number of benzene rings is 1. The number of likely N-dealkylation sites (N-methyl/N-ethyl adjacent to an activating group) is 1. The number of hydrogen-bond acceptors (Lipinski definition) is 6. The highest BCUT2D eigenvalue weighted by atomic mass is 35.5. The Kier molecular flexibility index (Phi) is 6.45. The summed E-state index contributed by atoms with van der Waals surface area (Å²) in [5.41, 5.74) is 0.775. The predicted octanol–water partition coefficient (Wildman–Crippen LogP) is 2.33. The standard InChI is InChI=1S/C14H19N3O3.ClH/c1-9(15-2)5-13-16-14(20-17-13)10-6-11(18-3)8-12(7-10)19-4;/h6-9,15H,5H2,1-4H3;1H. The number of methoxy groups -OCH3 is 2. The molecular formula is C14H20ClN3O3. The van der Waals surface area contributed by atoms with Crippen molar-refractivity contribution in [2.24, 2.45) is 0 Å². The normalized spacial score (nSPS) is 11.6. The number of nitrogens with zero attached hydrogens (tertiary/aromatic N) is 2. The first-order valence-electron chi connectivity index (χ1n) is 6.39. The van der Waals surface area contributed by atoms with Gasteiger partial charge in [0.05, 0.1) is 14.2 Å². The van der Waals surface area contributed by atoms with E-state index in [1.54, 1.807) is 20.3 Å². The molecule has 2 aromatic rings. The Hall–Kier alpha value is -1.79. The lowest BCUT2D eigenvalue weighted by Crippen LogP contribution is -2.24. The molecule has 0 aliphatic heterocycles. The third-order valence-electron chi connectivity index (χ3n) is 3.05. The van der Waals surface area contributed by atoms with Gasteiger partial charge in [0, 0.05) is 24.1 Å². The molecule has 1 N–H and O–H groups in total. The average Bonchev–Trinajstić information content (AvgIpc) is 2.94. The van der Waals surface area contributed by atoms with Crippen molar-refractivity contribution in [3.63, 3.8) is 0 Å². The van der Waals surface area contributed by atoms with Gasteiger partial charge in [-0.05, 0) is 26.1 Å². The molecule has 0 saturated carbocycles. The third-order valence-corrected chi connectivity index (χ3v) is 3.05. The maximum atomic E-state index is 5.30. The van der Waals surface area contributed by atoms with Crippen molar-refractivity contribution in [1.82, 2.24) is 15.5 Å². The van der Waals surface area contributed by atoms with Crippen molar-refractivity contribution in [3.8, 4) is 23.0 Å². The first-order chi connectivity index (χ1) is 9.66. The van der Waals surface area contributed by atoms with Crippen molar-refractivity contribution >= 4 is 12.4 Å². The van der Waals surface area contributed by atoms with Crippen LogP contribution in [0.2, 0.25) is 0 Å². The Labute approximate surface area is 130 Å². The summed E-state index contributed by atoms with van der Waals surface area (Å²) in [6, 6.07) is 5.76. The van der Waals surface area contributed by atoms with Crippen LogP contribution < -0.4 is 14.8 Å². The van der Waals surface area contributed by atoms with Crippen LogP contribution in [-0.2, 0) is 6.42 Å². The molecule has 1 unspecified atom stereocenters. The SMILES string of the molecule is CNC(C)Cc1noc(-c2cc(OC)cc(OC)c2)n1.Cl. The number of hydrogen-bond donors (Lipinski definition) is 1.